The molecule has 0 heterocycles. The summed E-state index contributed by atoms with van der Waals surface area (Å²) in [5, 5.41) is 30.0. The second kappa shape index (κ2) is 36.8. The van der Waals surface area contributed by atoms with Crippen molar-refractivity contribution in [2.75, 3.05) is 13.1 Å². The maximum atomic E-state index is 12.4. The van der Waals surface area contributed by atoms with Crippen LogP contribution in [0, 0.1) is 0 Å². The van der Waals surface area contributed by atoms with Gasteiger partial charge in [0.25, 0.3) is 0 Å². The molecular weight excluding hydrogens is 688 g/mol. The van der Waals surface area contributed by atoms with Gasteiger partial charge < -0.3 is 31.5 Å². The normalized spacial score (nSPS) is 12.1. The van der Waals surface area contributed by atoms with Crippen molar-refractivity contribution in [2.24, 2.45) is 0 Å². The Hall–Kier alpha value is -3.18. The first-order valence-corrected chi connectivity index (χ1v) is 21.7. The van der Waals surface area contributed by atoms with E-state index in [9.17, 15) is 39.0 Å². The van der Waals surface area contributed by atoms with Crippen LogP contribution in [-0.2, 0) is 28.8 Å². The van der Waals surface area contributed by atoms with Crippen LogP contribution in [0.2, 0.25) is 0 Å². The summed E-state index contributed by atoms with van der Waals surface area (Å²) in [5.74, 6) is -3.03. The molecule has 314 valence electrons. The smallest absolute Gasteiger partial charge is 0.326 e. The molecule has 12 nitrogen and oxygen atoms in total. The number of aliphatic carboxylic acids is 2. The monoisotopic (exact) mass is 767 g/mol. The fourth-order valence-electron chi connectivity index (χ4n) is 6.39. The summed E-state index contributed by atoms with van der Waals surface area (Å²) < 4.78 is 0. The van der Waals surface area contributed by atoms with Crippen LogP contribution in [0.15, 0.2) is 0 Å². The van der Waals surface area contributed by atoms with Gasteiger partial charge in [0, 0.05) is 38.8 Å². The van der Waals surface area contributed by atoms with E-state index in [1.54, 1.807) is 0 Å². The number of hydrogen-bond acceptors (Lipinski definition) is 6. The molecule has 0 aromatic rings. The molecule has 0 aromatic heterocycles. The van der Waals surface area contributed by atoms with E-state index in [1.165, 1.54) is 77.0 Å². The predicted octanol–water partition coefficient (Wildman–Crippen LogP) is 8.10. The van der Waals surface area contributed by atoms with Gasteiger partial charge in [-0.2, -0.15) is 0 Å². The van der Waals surface area contributed by atoms with E-state index in [1.807, 2.05) is 0 Å². The second-order valence-corrected chi connectivity index (χ2v) is 15.0. The molecule has 4 amide bonds. The van der Waals surface area contributed by atoms with Crippen LogP contribution in [0.4, 0.5) is 0 Å². The fourth-order valence-corrected chi connectivity index (χ4v) is 6.39. The van der Waals surface area contributed by atoms with Crippen LogP contribution < -0.4 is 21.3 Å². The highest BCUT2D eigenvalue weighted by molar-refractivity contribution is 5.84. The molecule has 0 aliphatic heterocycles. The molecule has 0 aliphatic rings. The minimum absolute atomic E-state index is 0.0182. The zero-order valence-electron chi connectivity index (χ0n) is 34.1. The third kappa shape index (κ3) is 33.4. The Morgan fingerprint density at radius 2 is 0.648 bits per heavy atom. The molecule has 0 bridgehead atoms. The molecule has 0 saturated carbocycles. The van der Waals surface area contributed by atoms with Gasteiger partial charge in [-0.15, -0.1) is 0 Å². The van der Waals surface area contributed by atoms with Crippen LogP contribution >= 0.6 is 0 Å². The Morgan fingerprint density at radius 1 is 0.370 bits per heavy atom. The number of hydrogen-bond donors (Lipinski definition) is 6. The van der Waals surface area contributed by atoms with E-state index >= 15 is 0 Å². The molecule has 0 unspecified atom stereocenters. The summed E-state index contributed by atoms with van der Waals surface area (Å²) in [5.41, 5.74) is 0. The molecule has 0 rings (SSSR count). The molecular formula is C42H78N4O8. The third-order valence-electron chi connectivity index (χ3n) is 9.82. The Labute approximate surface area is 326 Å². The van der Waals surface area contributed by atoms with Gasteiger partial charge in [-0.05, 0) is 64.2 Å². The highest BCUT2D eigenvalue weighted by Crippen LogP contribution is 2.12. The van der Waals surface area contributed by atoms with Crippen LogP contribution in [0.1, 0.15) is 206 Å². The lowest BCUT2D eigenvalue weighted by atomic mass is 10.1. The molecule has 0 aromatic carbocycles. The zero-order chi connectivity index (χ0) is 40.1. The summed E-state index contributed by atoms with van der Waals surface area (Å²) in [4.78, 5) is 72.3. The lowest BCUT2D eigenvalue weighted by Crippen LogP contribution is -2.41. The molecule has 0 radical (unpaired) electrons. The van der Waals surface area contributed by atoms with Crippen molar-refractivity contribution >= 4 is 35.6 Å². The van der Waals surface area contributed by atoms with Crippen molar-refractivity contribution in [2.45, 2.75) is 219 Å². The number of carbonyl (C=O) groups is 6. The largest absolute Gasteiger partial charge is 0.480 e. The molecule has 0 aliphatic carbocycles. The number of amides is 4. The van der Waals surface area contributed by atoms with Crippen molar-refractivity contribution in [3.8, 4) is 0 Å². The van der Waals surface area contributed by atoms with E-state index in [4.69, 9.17) is 0 Å². The molecule has 12 heteroatoms. The van der Waals surface area contributed by atoms with Gasteiger partial charge >= 0.3 is 11.9 Å². The van der Waals surface area contributed by atoms with Crippen molar-refractivity contribution in [3.05, 3.63) is 0 Å². The van der Waals surface area contributed by atoms with Gasteiger partial charge in [0.15, 0.2) is 0 Å². The third-order valence-corrected chi connectivity index (χ3v) is 9.82. The number of unbranched alkanes of at least 4 members (excludes halogenated alkanes) is 19. The van der Waals surface area contributed by atoms with Crippen molar-refractivity contribution in [1.82, 2.24) is 21.3 Å². The van der Waals surface area contributed by atoms with Crippen LogP contribution in [0.25, 0.3) is 0 Å². The maximum absolute atomic E-state index is 12.4. The quantitative estimate of drug-likeness (QED) is 0.0338. The SMILES string of the molecule is CCCCCCCCCCCC(=O)NCCCC[C@@H](NC(=O)CCCCC(=O)N[C@H](CCCCNC(=O)CCCCCCCCCCC)C(=O)O)C(=O)O. The van der Waals surface area contributed by atoms with Gasteiger partial charge in [-0.3, -0.25) is 19.2 Å². The Bertz CT molecular complexity index is 931. The van der Waals surface area contributed by atoms with E-state index in [0.29, 0.717) is 64.5 Å². The van der Waals surface area contributed by atoms with E-state index < -0.39 is 35.8 Å². The molecule has 0 saturated heterocycles. The first-order valence-electron chi connectivity index (χ1n) is 21.7. The molecule has 2 atom stereocenters. The summed E-state index contributed by atoms with van der Waals surface area (Å²) >= 11 is 0. The lowest BCUT2D eigenvalue weighted by molar-refractivity contribution is -0.142. The first-order chi connectivity index (χ1) is 26.1. The average Bonchev–Trinajstić information content (AvgIpc) is 3.13. The summed E-state index contributed by atoms with van der Waals surface area (Å²) in [6.07, 6.45) is 26.2. The van der Waals surface area contributed by atoms with Gasteiger partial charge in [-0.1, -0.05) is 117 Å². The van der Waals surface area contributed by atoms with E-state index in [-0.39, 0.29) is 37.5 Å². The number of nitrogens with one attached hydrogen (secondary N) is 4. The van der Waals surface area contributed by atoms with Crippen molar-refractivity contribution in [1.29, 1.82) is 0 Å². The Kier molecular flexibility index (Phi) is 34.6. The van der Waals surface area contributed by atoms with Gasteiger partial charge in [0.05, 0.1) is 0 Å². The van der Waals surface area contributed by atoms with E-state index in [2.05, 4.69) is 35.1 Å². The zero-order valence-corrected chi connectivity index (χ0v) is 34.1. The minimum atomic E-state index is -1.12. The fraction of sp³-hybridized carbons (Fsp3) is 0.857. The van der Waals surface area contributed by atoms with E-state index in [0.717, 1.165) is 38.5 Å². The average molecular weight is 767 g/mol. The number of carbonyl (C=O) groups excluding carboxylic acids is 4. The molecule has 0 fully saturated rings. The van der Waals surface area contributed by atoms with Crippen LogP contribution in [-0.4, -0.2) is 71.0 Å². The summed E-state index contributed by atoms with van der Waals surface area (Å²) in [7, 11) is 0. The summed E-state index contributed by atoms with van der Waals surface area (Å²) in [6.45, 7) is 5.37. The van der Waals surface area contributed by atoms with Crippen molar-refractivity contribution < 1.29 is 39.0 Å². The lowest BCUT2D eigenvalue weighted by Gasteiger charge is -2.15. The standard InChI is InChI=1S/C42H78N4O8/c1-3-5-7-9-11-13-15-17-19-29-37(47)43-33-25-23-27-35(41(51)52)45-39(49)31-21-22-32-40(50)46-36(42(53)54)28-24-26-34-44-38(48)30-20-18-16-14-12-10-8-6-4-2/h35-36H,3-34H2,1-2H3,(H,43,47)(H,44,48)(H,45,49)(H,46,50)(H,51,52)(H,53,54)/t35-,36-/m1/s1. The highest BCUT2D eigenvalue weighted by Gasteiger charge is 2.21. The number of rotatable bonds is 39. The molecule has 6 N–H and O–H groups in total. The highest BCUT2D eigenvalue weighted by atomic mass is 16.4. The van der Waals surface area contributed by atoms with Gasteiger partial charge in [0.2, 0.25) is 23.6 Å². The van der Waals surface area contributed by atoms with Crippen LogP contribution in [0.3, 0.4) is 0 Å². The Balaban J connectivity index is 4.00. The summed E-state index contributed by atoms with van der Waals surface area (Å²) in [6, 6.07) is -2.05. The van der Waals surface area contributed by atoms with Crippen molar-refractivity contribution in [3.63, 3.8) is 0 Å². The minimum Gasteiger partial charge on any atom is -0.480 e. The number of carboxylic acid groups (broad SMARTS) is 2. The topological polar surface area (TPSA) is 191 Å². The van der Waals surface area contributed by atoms with Gasteiger partial charge in [0.1, 0.15) is 12.1 Å². The second-order valence-electron chi connectivity index (χ2n) is 15.0. The molecule has 54 heavy (non-hydrogen) atoms. The maximum Gasteiger partial charge on any atom is 0.326 e. The van der Waals surface area contributed by atoms with Gasteiger partial charge in [-0.25, -0.2) is 9.59 Å². The first kappa shape index (κ1) is 50.8. The Morgan fingerprint density at radius 3 is 0.963 bits per heavy atom. The molecule has 0 spiro atoms. The van der Waals surface area contributed by atoms with Crippen LogP contribution in [0.5, 0.6) is 0 Å². The predicted molar refractivity (Wildman–Crippen MR) is 215 cm³/mol. The number of carboxylic acids is 2.